The van der Waals surface area contributed by atoms with E-state index >= 15 is 0 Å². The molecule has 1 aromatic heterocycles. The molecule has 0 saturated carbocycles. The van der Waals surface area contributed by atoms with Crippen molar-refractivity contribution in [1.29, 1.82) is 0 Å². The first-order chi connectivity index (χ1) is 19.4. The highest BCUT2D eigenvalue weighted by molar-refractivity contribution is 7.93. The van der Waals surface area contributed by atoms with E-state index in [0.717, 1.165) is 49.2 Å². The number of sulfonamides is 1. The molecule has 0 radical (unpaired) electrons. The van der Waals surface area contributed by atoms with E-state index in [1.807, 2.05) is 35.2 Å². The highest BCUT2D eigenvalue weighted by Gasteiger charge is 2.22. The van der Waals surface area contributed by atoms with Crippen LogP contribution in [0.25, 0.3) is 10.9 Å². The summed E-state index contributed by atoms with van der Waals surface area (Å²) in [5.74, 6) is 0.871. The van der Waals surface area contributed by atoms with Crippen molar-refractivity contribution in [3.05, 3.63) is 96.2 Å². The maximum atomic E-state index is 13.3. The number of aromatic nitrogens is 1. The van der Waals surface area contributed by atoms with E-state index in [0.29, 0.717) is 36.5 Å². The fourth-order valence-corrected chi connectivity index (χ4v) is 6.17. The molecule has 1 aliphatic heterocycles. The number of carbonyl (C=O) groups excluding carboxylic acids is 1. The summed E-state index contributed by atoms with van der Waals surface area (Å²) in [6, 6.07) is 23.4. The molecule has 4 aromatic rings. The zero-order valence-corrected chi connectivity index (χ0v) is 23.4. The third kappa shape index (κ3) is 6.43. The molecule has 1 amide bonds. The summed E-state index contributed by atoms with van der Waals surface area (Å²) in [6.45, 7) is 6.54. The molecule has 1 saturated heterocycles. The number of amides is 1. The Labute approximate surface area is 237 Å². The Morgan fingerprint density at radius 1 is 0.950 bits per heavy atom. The SMILES string of the molecule is CCCOc1ccccc1CN1CCCN(C(=O)c2ccc(NS(=O)(=O)c3cccc4cccnc34)cc2)CC1.[HH]. The van der Waals surface area contributed by atoms with Crippen molar-refractivity contribution >= 4 is 32.5 Å². The molecule has 2 heterocycles. The monoisotopic (exact) mass is 560 g/mol. The van der Waals surface area contributed by atoms with Gasteiger partial charge in [0.2, 0.25) is 0 Å². The van der Waals surface area contributed by atoms with Gasteiger partial charge in [0.25, 0.3) is 15.9 Å². The third-order valence-corrected chi connectivity index (χ3v) is 8.39. The van der Waals surface area contributed by atoms with E-state index in [-0.39, 0.29) is 12.2 Å². The second-order valence-corrected chi connectivity index (χ2v) is 11.5. The molecule has 0 spiro atoms. The molecular weight excluding hydrogens is 524 g/mol. The van der Waals surface area contributed by atoms with Crippen LogP contribution in [0, 0.1) is 0 Å². The summed E-state index contributed by atoms with van der Waals surface area (Å²) >= 11 is 0. The molecule has 9 heteroatoms. The van der Waals surface area contributed by atoms with Gasteiger partial charge in [-0.2, -0.15) is 0 Å². The van der Waals surface area contributed by atoms with Gasteiger partial charge in [-0.1, -0.05) is 43.3 Å². The van der Waals surface area contributed by atoms with Crippen LogP contribution in [0.1, 0.15) is 37.1 Å². The Bertz CT molecular complexity index is 1580. The topological polar surface area (TPSA) is 91.8 Å². The minimum absolute atomic E-state index is 0. The highest BCUT2D eigenvalue weighted by Crippen LogP contribution is 2.24. The molecule has 0 aliphatic carbocycles. The molecule has 8 nitrogen and oxygen atoms in total. The number of pyridine rings is 1. The molecule has 3 aromatic carbocycles. The van der Waals surface area contributed by atoms with Gasteiger partial charge in [0.05, 0.1) is 12.1 Å². The first-order valence-electron chi connectivity index (χ1n) is 13.6. The number of carbonyl (C=O) groups is 1. The summed E-state index contributed by atoms with van der Waals surface area (Å²) in [5.41, 5.74) is 2.49. The molecule has 210 valence electrons. The quantitative estimate of drug-likeness (QED) is 0.294. The summed E-state index contributed by atoms with van der Waals surface area (Å²) in [5, 5.41) is 0.747. The van der Waals surface area contributed by atoms with Crippen LogP contribution in [-0.2, 0) is 16.6 Å². The number of nitrogens with zero attached hydrogens (tertiary/aromatic N) is 3. The first kappa shape index (κ1) is 27.6. The van der Waals surface area contributed by atoms with E-state index in [4.69, 9.17) is 4.74 Å². The largest absolute Gasteiger partial charge is 0.493 e. The minimum Gasteiger partial charge on any atom is -0.493 e. The van der Waals surface area contributed by atoms with Gasteiger partial charge in [-0.15, -0.1) is 0 Å². The molecule has 1 fully saturated rings. The Kier molecular flexibility index (Phi) is 8.62. The predicted molar refractivity (Wildman–Crippen MR) is 159 cm³/mol. The first-order valence-corrected chi connectivity index (χ1v) is 15.1. The Hall–Kier alpha value is -3.95. The highest BCUT2D eigenvalue weighted by atomic mass is 32.2. The zero-order valence-electron chi connectivity index (χ0n) is 22.6. The normalized spacial score (nSPS) is 14.6. The number of fused-ring (bicyclic) bond motifs is 1. The average Bonchev–Trinajstić information content (AvgIpc) is 3.22. The summed E-state index contributed by atoms with van der Waals surface area (Å²) in [7, 11) is -3.86. The second kappa shape index (κ2) is 12.5. The number of para-hydroxylation sites is 2. The van der Waals surface area contributed by atoms with E-state index in [9.17, 15) is 13.2 Å². The Morgan fingerprint density at radius 3 is 2.58 bits per heavy atom. The lowest BCUT2D eigenvalue weighted by Crippen LogP contribution is -2.35. The van der Waals surface area contributed by atoms with Crippen LogP contribution in [0.2, 0.25) is 0 Å². The second-order valence-electron chi connectivity index (χ2n) is 9.89. The van der Waals surface area contributed by atoms with Gasteiger partial charge in [0.15, 0.2) is 0 Å². The van der Waals surface area contributed by atoms with Crippen LogP contribution in [0.5, 0.6) is 5.75 Å². The molecule has 5 rings (SSSR count). The van der Waals surface area contributed by atoms with Gasteiger partial charge in [-0.3, -0.25) is 19.4 Å². The molecule has 0 unspecified atom stereocenters. The van der Waals surface area contributed by atoms with Crippen molar-refractivity contribution in [2.45, 2.75) is 31.2 Å². The van der Waals surface area contributed by atoms with Crippen LogP contribution in [-0.4, -0.2) is 61.9 Å². The molecule has 1 N–H and O–H groups in total. The molecule has 0 bridgehead atoms. The number of rotatable bonds is 9. The van der Waals surface area contributed by atoms with E-state index < -0.39 is 10.0 Å². The molecule has 40 heavy (non-hydrogen) atoms. The maximum absolute atomic E-state index is 13.3. The lowest BCUT2D eigenvalue weighted by atomic mass is 10.2. The average molecular weight is 561 g/mol. The van der Waals surface area contributed by atoms with Crippen LogP contribution < -0.4 is 9.46 Å². The van der Waals surface area contributed by atoms with Crippen molar-refractivity contribution in [2.75, 3.05) is 37.5 Å². The fourth-order valence-electron chi connectivity index (χ4n) is 4.93. The number of nitrogens with one attached hydrogen (secondary N) is 1. The van der Waals surface area contributed by atoms with Gasteiger partial charge < -0.3 is 9.64 Å². The van der Waals surface area contributed by atoms with Gasteiger partial charge in [0, 0.05) is 62.5 Å². The van der Waals surface area contributed by atoms with Gasteiger partial charge >= 0.3 is 0 Å². The maximum Gasteiger partial charge on any atom is 0.264 e. The predicted octanol–water partition coefficient (Wildman–Crippen LogP) is 5.42. The number of benzene rings is 3. The summed E-state index contributed by atoms with van der Waals surface area (Å²) < 4.78 is 34.8. The van der Waals surface area contributed by atoms with E-state index in [1.165, 1.54) is 6.07 Å². The van der Waals surface area contributed by atoms with Gasteiger partial charge in [-0.25, -0.2) is 8.42 Å². The van der Waals surface area contributed by atoms with Crippen molar-refractivity contribution in [1.82, 2.24) is 14.8 Å². The molecule has 0 atom stereocenters. The number of ether oxygens (including phenoxy) is 1. The molecule has 1 aliphatic rings. The number of hydrogen-bond donors (Lipinski definition) is 1. The van der Waals surface area contributed by atoms with Gasteiger partial charge in [0.1, 0.15) is 10.6 Å². The summed E-state index contributed by atoms with van der Waals surface area (Å²) in [4.78, 5) is 21.9. The fraction of sp³-hybridized carbons (Fsp3) is 0.290. The van der Waals surface area contributed by atoms with Crippen molar-refractivity contribution in [3.8, 4) is 5.75 Å². The number of anilines is 1. The van der Waals surface area contributed by atoms with Crippen molar-refractivity contribution in [2.24, 2.45) is 0 Å². The van der Waals surface area contributed by atoms with Crippen LogP contribution in [0.4, 0.5) is 5.69 Å². The Balaban J connectivity index is 0.00000387. The number of hydrogen-bond acceptors (Lipinski definition) is 6. The molecular formula is C31H36N4O4S. The van der Waals surface area contributed by atoms with Crippen molar-refractivity contribution < 1.29 is 19.4 Å². The summed E-state index contributed by atoms with van der Waals surface area (Å²) in [6.07, 6.45) is 3.41. The third-order valence-electron chi connectivity index (χ3n) is 6.97. The van der Waals surface area contributed by atoms with E-state index in [1.54, 1.807) is 42.6 Å². The van der Waals surface area contributed by atoms with Gasteiger partial charge in [-0.05, 0) is 55.3 Å². The lowest BCUT2D eigenvalue weighted by Gasteiger charge is -2.23. The standard InChI is InChI=1S/C31H34N4O4S.H2/c1-2-22-39-28-11-4-3-8-26(28)23-34-18-7-19-35(21-20-34)31(36)25-13-15-27(16-14-25)33-40(37,38)29-12-5-9-24-10-6-17-32-30(24)29;/h3-6,8-17,33H,2,7,18-23H2,1H3;1H. The smallest absolute Gasteiger partial charge is 0.264 e. The van der Waals surface area contributed by atoms with E-state index in [2.05, 4.69) is 27.6 Å². The van der Waals surface area contributed by atoms with Crippen LogP contribution in [0.15, 0.2) is 90.0 Å². The zero-order chi connectivity index (χ0) is 28.0. The van der Waals surface area contributed by atoms with Crippen LogP contribution >= 0.6 is 0 Å². The van der Waals surface area contributed by atoms with Crippen LogP contribution in [0.3, 0.4) is 0 Å². The van der Waals surface area contributed by atoms with Crippen molar-refractivity contribution in [3.63, 3.8) is 0 Å². The Morgan fingerprint density at radius 2 is 1.75 bits per heavy atom. The lowest BCUT2D eigenvalue weighted by molar-refractivity contribution is 0.0761. The minimum atomic E-state index is -3.86.